The fourth-order valence-corrected chi connectivity index (χ4v) is 4.77. The second kappa shape index (κ2) is 6.28. The quantitative estimate of drug-likeness (QED) is 0.382. The Kier molecular flexibility index (Phi) is 4.09. The molecule has 0 radical (unpaired) electrons. The zero-order valence-electron chi connectivity index (χ0n) is 14.2. The standard InChI is InChI=1S/C19H17N3OS2/c1-11-8-13(3)14(9-12(11)2)16(23)10-24-18-20-21-19-22(18)15-6-4-5-7-17(15)25-19/h4-9H,10H2,1-3H3. The highest BCUT2D eigenvalue weighted by molar-refractivity contribution is 7.99. The van der Waals surface area contributed by atoms with E-state index in [0.717, 1.165) is 32.3 Å². The molecule has 0 aliphatic rings. The summed E-state index contributed by atoms with van der Waals surface area (Å²) in [5.74, 6) is 0.482. The lowest BCUT2D eigenvalue weighted by atomic mass is 9.99. The summed E-state index contributed by atoms with van der Waals surface area (Å²) in [5.41, 5.74) is 5.27. The minimum atomic E-state index is 0.127. The van der Waals surface area contributed by atoms with E-state index < -0.39 is 0 Å². The highest BCUT2D eigenvalue weighted by atomic mass is 32.2. The zero-order valence-corrected chi connectivity index (χ0v) is 15.9. The summed E-state index contributed by atoms with van der Waals surface area (Å²) in [6.45, 7) is 6.10. The summed E-state index contributed by atoms with van der Waals surface area (Å²) in [5, 5.41) is 9.27. The van der Waals surface area contributed by atoms with Crippen LogP contribution in [0.3, 0.4) is 0 Å². The smallest absolute Gasteiger partial charge is 0.217 e. The molecule has 6 heteroatoms. The highest BCUT2D eigenvalue weighted by Gasteiger charge is 2.16. The van der Waals surface area contributed by atoms with Gasteiger partial charge < -0.3 is 0 Å². The van der Waals surface area contributed by atoms with E-state index in [2.05, 4.69) is 35.3 Å². The highest BCUT2D eigenvalue weighted by Crippen LogP contribution is 2.30. The van der Waals surface area contributed by atoms with Crippen molar-refractivity contribution in [1.82, 2.24) is 14.6 Å². The lowest BCUT2D eigenvalue weighted by Gasteiger charge is -2.08. The maximum Gasteiger partial charge on any atom is 0.217 e. The minimum absolute atomic E-state index is 0.127. The average Bonchev–Trinajstić information content (AvgIpc) is 3.15. The fourth-order valence-electron chi connectivity index (χ4n) is 2.92. The molecule has 0 saturated carbocycles. The van der Waals surface area contributed by atoms with Crippen LogP contribution >= 0.6 is 23.1 Å². The van der Waals surface area contributed by atoms with Crippen LogP contribution in [-0.2, 0) is 0 Å². The number of aromatic nitrogens is 3. The van der Waals surface area contributed by atoms with Gasteiger partial charge in [0.2, 0.25) is 4.96 Å². The molecule has 4 aromatic rings. The molecule has 0 unspecified atom stereocenters. The Morgan fingerprint density at radius 2 is 1.84 bits per heavy atom. The Morgan fingerprint density at radius 3 is 2.68 bits per heavy atom. The van der Waals surface area contributed by atoms with Crippen molar-refractivity contribution < 1.29 is 4.79 Å². The first kappa shape index (κ1) is 16.3. The van der Waals surface area contributed by atoms with Crippen LogP contribution < -0.4 is 0 Å². The number of carbonyl (C=O) groups excluding carboxylic acids is 1. The molecule has 4 nitrogen and oxygen atoms in total. The third kappa shape index (κ3) is 2.85. The molecule has 2 aromatic heterocycles. The number of ketones is 1. The molecule has 0 fully saturated rings. The molecule has 0 spiro atoms. The van der Waals surface area contributed by atoms with Crippen molar-refractivity contribution in [3.05, 3.63) is 58.7 Å². The van der Waals surface area contributed by atoms with Crippen LogP contribution in [0.2, 0.25) is 0 Å². The monoisotopic (exact) mass is 367 g/mol. The number of fused-ring (bicyclic) bond motifs is 3. The molecule has 0 N–H and O–H groups in total. The zero-order chi connectivity index (χ0) is 17.6. The molecule has 126 valence electrons. The number of Topliss-reactive ketones (excluding diaryl/α,β-unsaturated/α-hetero) is 1. The molecule has 0 aliphatic heterocycles. The third-order valence-corrected chi connectivity index (χ3v) is 6.33. The van der Waals surface area contributed by atoms with E-state index in [0.29, 0.717) is 5.75 Å². The van der Waals surface area contributed by atoms with Crippen molar-refractivity contribution in [3.8, 4) is 0 Å². The van der Waals surface area contributed by atoms with E-state index in [4.69, 9.17) is 0 Å². The lowest BCUT2D eigenvalue weighted by molar-refractivity contribution is 0.102. The largest absolute Gasteiger partial charge is 0.293 e. The van der Waals surface area contributed by atoms with Gasteiger partial charge in [0.25, 0.3) is 0 Å². The molecule has 25 heavy (non-hydrogen) atoms. The number of hydrogen-bond donors (Lipinski definition) is 0. The van der Waals surface area contributed by atoms with Gasteiger partial charge in [-0.25, -0.2) is 0 Å². The van der Waals surface area contributed by atoms with Crippen LogP contribution in [-0.4, -0.2) is 26.1 Å². The number of rotatable bonds is 4. The first-order chi connectivity index (χ1) is 12.0. The molecule has 2 heterocycles. The van der Waals surface area contributed by atoms with Crippen molar-refractivity contribution in [2.75, 3.05) is 5.75 Å². The van der Waals surface area contributed by atoms with Crippen LogP contribution in [0.1, 0.15) is 27.0 Å². The van der Waals surface area contributed by atoms with Gasteiger partial charge in [-0.3, -0.25) is 9.20 Å². The van der Waals surface area contributed by atoms with Crippen molar-refractivity contribution in [1.29, 1.82) is 0 Å². The van der Waals surface area contributed by atoms with Gasteiger partial charge in [0.1, 0.15) is 0 Å². The molecule has 4 rings (SSSR count). The van der Waals surface area contributed by atoms with Gasteiger partial charge in [-0.1, -0.05) is 41.3 Å². The maximum atomic E-state index is 12.7. The summed E-state index contributed by atoms with van der Waals surface area (Å²) in [6.07, 6.45) is 0. The Morgan fingerprint density at radius 1 is 1.08 bits per heavy atom. The molecular formula is C19H17N3OS2. The summed E-state index contributed by atoms with van der Waals surface area (Å²) in [7, 11) is 0. The fraction of sp³-hybridized carbons (Fsp3) is 0.211. The van der Waals surface area contributed by atoms with Crippen LogP contribution in [0.5, 0.6) is 0 Å². The Bertz CT molecular complexity index is 1110. The third-order valence-electron chi connectivity index (χ3n) is 4.38. The normalized spacial score (nSPS) is 11.5. The van der Waals surface area contributed by atoms with Gasteiger partial charge in [0.15, 0.2) is 10.9 Å². The van der Waals surface area contributed by atoms with Crippen molar-refractivity contribution in [2.24, 2.45) is 0 Å². The molecule has 0 aliphatic carbocycles. The van der Waals surface area contributed by atoms with Gasteiger partial charge >= 0.3 is 0 Å². The van der Waals surface area contributed by atoms with Gasteiger partial charge in [-0.15, -0.1) is 10.2 Å². The van der Waals surface area contributed by atoms with E-state index in [1.54, 1.807) is 11.3 Å². The van der Waals surface area contributed by atoms with Crippen molar-refractivity contribution in [2.45, 2.75) is 25.9 Å². The second-order valence-electron chi connectivity index (χ2n) is 6.13. The van der Waals surface area contributed by atoms with E-state index in [9.17, 15) is 4.79 Å². The number of hydrogen-bond acceptors (Lipinski definition) is 5. The second-order valence-corrected chi connectivity index (χ2v) is 8.09. The van der Waals surface area contributed by atoms with Crippen LogP contribution in [0.15, 0.2) is 41.6 Å². The topological polar surface area (TPSA) is 47.3 Å². The molecule has 0 atom stereocenters. The van der Waals surface area contributed by atoms with Crippen LogP contribution in [0.4, 0.5) is 0 Å². The molecular weight excluding hydrogens is 350 g/mol. The summed E-state index contributed by atoms with van der Waals surface area (Å²) < 4.78 is 3.20. The molecule has 2 aromatic carbocycles. The first-order valence-electron chi connectivity index (χ1n) is 8.01. The van der Waals surface area contributed by atoms with Crippen LogP contribution in [0.25, 0.3) is 15.2 Å². The minimum Gasteiger partial charge on any atom is -0.293 e. The van der Waals surface area contributed by atoms with E-state index in [1.165, 1.54) is 22.0 Å². The van der Waals surface area contributed by atoms with E-state index in [-0.39, 0.29) is 5.78 Å². The van der Waals surface area contributed by atoms with Gasteiger partial charge in [0, 0.05) is 5.56 Å². The van der Waals surface area contributed by atoms with Crippen molar-refractivity contribution >= 4 is 44.1 Å². The molecule has 0 amide bonds. The first-order valence-corrected chi connectivity index (χ1v) is 9.81. The number of thioether (sulfide) groups is 1. The van der Waals surface area contributed by atoms with Crippen LogP contribution in [0, 0.1) is 20.8 Å². The molecule has 0 saturated heterocycles. The van der Waals surface area contributed by atoms with E-state index >= 15 is 0 Å². The molecule has 0 bridgehead atoms. The lowest BCUT2D eigenvalue weighted by Crippen LogP contribution is -2.06. The van der Waals surface area contributed by atoms with E-state index in [1.807, 2.05) is 36.4 Å². The number of thiazole rings is 1. The Balaban J connectivity index is 1.62. The number of carbonyl (C=O) groups is 1. The predicted octanol–water partition coefficient (Wildman–Crippen LogP) is 4.84. The summed E-state index contributed by atoms with van der Waals surface area (Å²) in [6, 6.07) is 12.2. The Labute approximate surface area is 153 Å². The van der Waals surface area contributed by atoms with Gasteiger partial charge in [0.05, 0.1) is 16.0 Å². The number of para-hydroxylation sites is 1. The number of benzene rings is 2. The Hall–Kier alpha value is -2.18. The maximum absolute atomic E-state index is 12.7. The summed E-state index contributed by atoms with van der Waals surface area (Å²) >= 11 is 3.05. The number of aryl methyl sites for hydroxylation is 3. The van der Waals surface area contributed by atoms with Gasteiger partial charge in [-0.05, 0) is 55.7 Å². The van der Waals surface area contributed by atoms with Crippen molar-refractivity contribution in [3.63, 3.8) is 0 Å². The summed E-state index contributed by atoms with van der Waals surface area (Å²) in [4.78, 5) is 13.5. The predicted molar refractivity (Wildman–Crippen MR) is 104 cm³/mol. The van der Waals surface area contributed by atoms with Gasteiger partial charge in [-0.2, -0.15) is 0 Å². The SMILES string of the molecule is Cc1cc(C)c(C(=O)CSc2nnc3sc4ccccc4n23)cc1C. The number of nitrogens with zero attached hydrogens (tertiary/aromatic N) is 3. The average molecular weight is 367 g/mol.